The van der Waals surface area contributed by atoms with Crippen molar-refractivity contribution in [1.82, 2.24) is 19.9 Å². The fourth-order valence-electron chi connectivity index (χ4n) is 4.46. The van der Waals surface area contributed by atoms with Gasteiger partial charge in [0, 0.05) is 34.3 Å². The zero-order chi connectivity index (χ0) is 32.0. The van der Waals surface area contributed by atoms with Crippen molar-refractivity contribution in [3.63, 3.8) is 0 Å². The van der Waals surface area contributed by atoms with E-state index in [1.54, 1.807) is 53.9 Å². The van der Waals surface area contributed by atoms with Crippen LogP contribution in [0.15, 0.2) is 95.2 Å². The van der Waals surface area contributed by atoms with Gasteiger partial charge in [-0.05, 0) is 70.0 Å². The second-order valence-corrected chi connectivity index (χ2v) is 12.5. The summed E-state index contributed by atoms with van der Waals surface area (Å²) in [5.74, 6) is 0.186. The summed E-state index contributed by atoms with van der Waals surface area (Å²) >= 11 is 4.79. The average Bonchev–Trinajstić information content (AvgIpc) is 3.51. The predicted molar refractivity (Wildman–Crippen MR) is 176 cm³/mol. The highest BCUT2D eigenvalue weighted by Gasteiger charge is 2.16. The summed E-state index contributed by atoms with van der Waals surface area (Å²) in [5.41, 5.74) is 2.73. The molecule has 0 amide bonds. The molecule has 1 N–H and O–H groups in total. The molecule has 0 radical (unpaired) electrons. The number of hydrogen-bond acceptors (Lipinski definition) is 10. The summed E-state index contributed by atoms with van der Waals surface area (Å²) in [6.07, 6.45) is 2.85. The first kappa shape index (κ1) is 31.4. The Labute approximate surface area is 275 Å². The number of rotatable bonds is 11. The molecule has 0 atom stereocenters. The molecule has 0 aliphatic rings. The number of aromatic nitrogens is 4. The van der Waals surface area contributed by atoms with Gasteiger partial charge in [-0.2, -0.15) is 8.42 Å². The molecule has 0 aliphatic carbocycles. The molecule has 14 heteroatoms. The highest BCUT2D eigenvalue weighted by molar-refractivity contribution is 9.10. The molecule has 6 rings (SSSR count). The van der Waals surface area contributed by atoms with Crippen LogP contribution in [0, 0.1) is 11.6 Å². The Balaban J connectivity index is 1.17. The van der Waals surface area contributed by atoms with Gasteiger partial charge in [0.1, 0.15) is 46.0 Å². The lowest BCUT2D eigenvalue weighted by molar-refractivity contribution is 0.159. The summed E-state index contributed by atoms with van der Waals surface area (Å²) in [6.45, 7) is 0.0410. The van der Waals surface area contributed by atoms with Crippen molar-refractivity contribution in [3.8, 4) is 17.0 Å². The monoisotopic (exact) mass is 721 g/mol. The Kier molecular flexibility index (Phi) is 9.68. The van der Waals surface area contributed by atoms with Crippen LogP contribution in [0.1, 0.15) is 16.3 Å². The number of fused-ring (bicyclic) bond motifs is 1. The van der Waals surface area contributed by atoms with Gasteiger partial charge in [-0.1, -0.05) is 18.2 Å². The molecule has 0 fully saturated rings. The zero-order valence-corrected chi connectivity index (χ0v) is 26.9. The molecule has 0 unspecified atom stereocenters. The first-order chi connectivity index (χ1) is 22.3. The summed E-state index contributed by atoms with van der Waals surface area (Å²) in [4.78, 5) is 17.2. The van der Waals surface area contributed by atoms with E-state index < -0.39 is 16.1 Å². The van der Waals surface area contributed by atoms with E-state index in [1.165, 1.54) is 42.1 Å². The quantitative estimate of drug-likeness (QED) is 0.110. The van der Waals surface area contributed by atoms with Gasteiger partial charge in [-0.3, -0.25) is 4.98 Å². The molecule has 3 heterocycles. The van der Waals surface area contributed by atoms with Crippen molar-refractivity contribution < 1.29 is 26.7 Å². The van der Waals surface area contributed by atoms with Crippen molar-refractivity contribution in [2.75, 3.05) is 11.9 Å². The Morgan fingerprint density at radius 3 is 2.63 bits per heavy atom. The van der Waals surface area contributed by atoms with Crippen molar-refractivity contribution >= 4 is 64.8 Å². The third kappa shape index (κ3) is 7.42. The molecule has 3 aromatic heterocycles. The molecule has 232 valence electrons. The molecule has 0 bridgehead atoms. The van der Waals surface area contributed by atoms with Crippen LogP contribution in [0.5, 0.6) is 5.75 Å². The van der Waals surface area contributed by atoms with Gasteiger partial charge in [-0.15, -0.1) is 11.3 Å². The van der Waals surface area contributed by atoms with Gasteiger partial charge in [0.25, 0.3) is 0 Å². The van der Waals surface area contributed by atoms with Crippen molar-refractivity contribution in [2.45, 2.75) is 13.2 Å². The van der Waals surface area contributed by atoms with Crippen LogP contribution >= 0.6 is 27.3 Å². The lowest BCUT2D eigenvalue weighted by Gasteiger charge is -2.13. The molecule has 0 saturated carbocycles. The molecule has 3 aromatic carbocycles. The van der Waals surface area contributed by atoms with Crippen LogP contribution in [-0.2, 0) is 28.2 Å². The molecule has 0 aliphatic heterocycles. The maximum Gasteiger partial charge on any atom is 0.221 e. The Morgan fingerprint density at radius 2 is 1.85 bits per heavy atom. The number of hydrogen-bond donors (Lipinski definition) is 1. The number of pyridine rings is 1. The fourth-order valence-corrected chi connectivity index (χ4v) is 6.15. The summed E-state index contributed by atoms with van der Waals surface area (Å²) in [7, 11) is -2.51. The number of ether oxygens (including phenoxy) is 2. The lowest BCUT2D eigenvalue weighted by Crippen LogP contribution is -2.13. The summed E-state index contributed by atoms with van der Waals surface area (Å²) in [6, 6.07) is 19.5. The van der Waals surface area contributed by atoms with E-state index in [0.717, 1.165) is 0 Å². The second-order valence-electron chi connectivity index (χ2n) is 9.75. The largest absolute Gasteiger partial charge is 0.488 e. The standard InChI is InChI=1S/C32H22BrF2N5O4S2/c33-24-11-21(7-8-29(24)44-14-19-4-3-5-20(34)10-19)39-32-23-12-22(25(35)13-27(23)37-18-38-32)28-17-45-31(40-28)16-43-15-30(46(41)42)26-6-1-2-9-36-26/h1-13,17-18H,14-16H2,(H,37,38,39). The Bertz CT molecular complexity index is 2180. The molecule has 0 saturated heterocycles. The topological polar surface area (TPSA) is 116 Å². The molecule has 6 aromatic rings. The second kappa shape index (κ2) is 14.2. The predicted octanol–water partition coefficient (Wildman–Crippen LogP) is 7.13. The number of thiazole rings is 1. The van der Waals surface area contributed by atoms with Crippen molar-refractivity contribution in [2.24, 2.45) is 0 Å². The van der Waals surface area contributed by atoms with E-state index in [9.17, 15) is 12.8 Å². The molecule has 9 nitrogen and oxygen atoms in total. The smallest absolute Gasteiger partial charge is 0.221 e. The highest BCUT2D eigenvalue weighted by atomic mass is 79.9. The minimum absolute atomic E-state index is 0.0241. The molecular weight excluding hydrogens is 700 g/mol. The number of anilines is 2. The van der Waals surface area contributed by atoms with Gasteiger partial charge < -0.3 is 14.8 Å². The molecule has 0 spiro atoms. The van der Waals surface area contributed by atoms with Crippen LogP contribution in [-0.4, -0.2) is 39.8 Å². The van der Waals surface area contributed by atoms with E-state index in [1.807, 2.05) is 6.07 Å². The van der Waals surface area contributed by atoms with Crippen LogP contribution < -0.4 is 10.1 Å². The number of benzene rings is 3. The SMILES string of the molecule is O=S(=O)=C(COCc1nc(-c2cc3c(Nc4ccc(OCc5cccc(F)c5)c(Br)c4)ncnc3cc2F)cs1)c1ccccn1. The highest BCUT2D eigenvalue weighted by Crippen LogP contribution is 2.34. The first-order valence-electron chi connectivity index (χ1n) is 13.6. The van der Waals surface area contributed by atoms with Crippen LogP contribution in [0.25, 0.3) is 22.2 Å². The fraction of sp³-hybridized carbons (Fsp3) is 0.0938. The van der Waals surface area contributed by atoms with E-state index in [0.29, 0.717) is 54.6 Å². The number of nitrogens with zero attached hydrogens (tertiary/aromatic N) is 4. The summed E-state index contributed by atoms with van der Waals surface area (Å²) in [5, 5.41) is 6.07. The minimum Gasteiger partial charge on any atom is -0.488 e. The minimum atomic E-state index is -2.51. The Morgan fingerprint density at radius 1 is 0.957 bits per heavy atom. The van der Waals surface area contributed by atoms with Gasteiger partial charge in [0.15, 0.2) is 0 Å². The van der Waals surface area contributed by atoms with Gasteiger partial charge in [0.2, 0.25) is 10.3 Å². The van der Waals surface area contributed by atoms with E-state index in [4.69, 9.17) is 9.47 Å². The van der Waals surface area contributed by atoms with Crippen LogP contribution in [0.4, 0.5) is 20.3 Å². The summed E-state index contributed by atoms with van der Waals surface area (Å²) < 4.78 is 64.3. The van der Waals surface area contributed by atoms with Gasteiger partial charge in [-0.25, -0.2) is 23.7 Å². The van der Waals surface area contributed by atoms with E-state index in [2.05, 4.69) is 41.2 Å². The zero-order valence-electron chi connectivity index (χ0n) is 23.7. The molecular formula is C32H22BrF2N5O4S2. The third-order valence-corrected chi connectivity index (χ3v) is 8.81. The average molecular weight is 723 g/mol. The molecule has 46 heavy (non-hydrogen) atoms. The third-order valence-electron chi connectivity index (χ3n) is 6.64. The van der Waals surface area contributed by atoms with E-state index in [-0.39, 0.29) is 36.1 Å². The normalized spacial score (nSPS) is 11.0. The Hall–Kier alpha value is -4.63. The van der Waals surface area contributed by atoms with Crippen molar-refractivity contribution in [1.29, 1.82) is 0 Å². The van der Waals surface area contributed by atoms with Crippen molar-refractivity contribution in [3.05, 3.63) is 123 Å². The maximum absolute atomic E-state index is 15.3. The number of halogens is 3. The van der Waals surface area contributed by atoms with Gasteiger partial charge >= 0.3 is 0 Å². The lowest BCUT2D eigenvalue weighted by atomic mass is 10.1. The maximum atomic E-state index is 15.3. The van der Waals surface area contributed by atoms with E-state index >= 15 is 4.39 Å². The number of nitrogens with one attached hydrogen (secondary N) is 1. The first-order valence-corrected chi connectivity index (χ1v) is 16.4. The van der Waals surface area contributed by atoms with Crippen LogP contribution in [0.2, 0.25) is 0 Å². The van der Waals surface area contributed by atoms with Crippen LogP contribution in [0.3, 0.4) is 0 Å². The van der Waals surface area contributed by atoms with Gasteiger partial charge in [0.05, 0.1) is 34.6 Å².